The van der Waals surface area contributed by atoms with E-state index in [-0.39, 0.29) is 87.0 Å². The van der Waals surface area contributed by atoms with Crippen LogP contribution < -0.4 is 75.5 Å². The third kappa shape index (κ3) is 7.13. The molecule has 0 unspecified atom stereocenters. The maximum atomic E-state index is 12.9. The van der Waals surface area contributed by atoms with E-state index >= 15 is 0 Å². The molecule has 194 valence electrons. The summed E-state index contributed by atoms with van der Waals surface area (Å²) < 4.78 is 70.8. The Hall–Kier alpha value is -2.18. The Kier molecular flexibility index (Phi) is 10.3. The molecular weight excluding hydrogens is 572 g/mol. The van der Waals surface area contributed by atoms with E-state index in [2.05, 4.69) is 15.6 Å². The number of benzene rings is 2. The van der Waals surface area contributed by atoms with Crippen molar-refractivity contribution in [1.82, 2.24) is 9.55 Å². The molecule has 2 amide bonds. The second-order valence-electron chi connectivity index (χ2n) is 8.14. The molecule has 0 saturated carbocycles. The third-order valence-corrected chi connectivity index (χ3v) is 7.30. The van der Waals surface area contributed by atoms with Gasteiger partial charge in [-0.15, -0.1) is 0 Å². The van der Waals surface area contributed by atoms with Crippen molar-refractivity contribution in [3.8, 4) is 0 Å². The van der Waals surface area contributed by atoms with E-state index in [1.54, 1.807) is 14.0 Å². The normalized spacial score (nSPS) is 11.4. The summed E-state index contributed by atoms with van der Waals surface area (Å²) in [6.07, 6.45) is 2.99. The zero-order chi connectivity index (χ0) is 27.3. The topological polar surface area (TPSA) is 219 Å². The molecule has 4 rings (SSSR count). The van der Waals surface area contributed by atoms with Crippen LogP contribution >= 0.6 is 0 Å². The van der Waals surface area contributed by atoms with E-state index in [4.69, 9.17) is 5.73 Å². The van der Waals surface area contributed by atoms with E-state index in [1.165, 1.54) is 41.2 Å². The molecule has 0 aliphatic carbocycles. The van der Waals surface area contributed by atoms with Gasteiger partial charge in [0.25, 0.3) is 11.8 Å². The molecule has 4 aromatic rings. The van der Waals surface area contributed by atoms with Crippen LogP contribution in [0.3, 0.4) is 0 Å². The number of rotatable bonds is 6. The average Bonchev–Trinajstić information content (AvgIpc) is 3.32. The monoisotopic (exact) mass is 591 g/mol. The van der Waals surface area contributed by atoms with Crippen LogP contribution in [0.2, 0.25) is 0 Å². The molecule has 13 nitrogen and oxygen atoms in total. The van der Waals surface area contributed by atoms with Gasteiger partial charge in [0.15, 0.2) is 0 Å². The molecule has 5 N–H and O–H groups in total. The van der Waals surface area contributed by atoms with Crippen molar-refractivity contribution in [2.75, 3.05) is 16.4 Å². The van der Waals surface area contributed by atoms with Gasteiger partial charge < -0.3 is 35.0 Å². The van der Waals surface area contributed by atoms with Gasteiger partial charge in [-0.25, -0.2) is 16.8 Å². The summed E-state index contributed by atoms with van der Waals surface area (Å²) in [5.41, 5.74) is 7.54. The van der Waals surface area contributed by atoms with Gasteiger partial charge in [0, 0.05) is 36.1 Å². The van der Waals surface area contributed by atoms with Gasteiger partial charge in [-0.1, -0.05) is 6.07 Å². The number of fused-ring (bicyclic) bond motifs is 1. The van der Waals surface area contributed by atoms with E-state index in [9.17, 15) is 35.5 Å². The largest absolute Gasteiger partial charge is 1.00 e. The van der Waals surface area contributed by atoms with Crippen LogP contribution in [-0.4, -0.2) is 47.3 Å². The van der Waals surface area contributed by atoms with Gasteiger partial charge in [0.2, 0.25) is 0 Å². The molecule has 0 aliphatic heterocycles. The quantitative estimate of drug-likeness (QED) is 0.126. The predicted molar refractivity (Wildman–Crippen MR) is 131 cm³/mol. The number of nitrogens with zero attached hydrogens (tertiary/aromatic N) is 1. The van der Waals surface area contributed by atoms with Crippen LogP contribution in [0.25, 0.3) is 10.8 Å². The summed E-state index contributed by atoms with van der Waals surface area (Å²) in [7, 11) is -8.64. The van der Waals surface area contributed by atoms with Crippen molar-refractivity contribution < 1.29 is 94.6 Å². The first-order valence-corrected chi connectivity index (χ1v) is 13.2. The molecule has 0 spiro atoms. The number of hydrogen-bond donors (Lipinski definition) is 4. The van der Waals surface area contributed by atoms with E-state index in [0.29, 0.717) is 23.0 Å². The number of anilines is 3. The summed E-state index contributed by atoms with van der Waals surface area (Å²) in [4.78, 5) is 26.4. The van der Waals surface area contributed by atoms with Crippen LogP contribution in [0.5, 0.6) is 0 Å². The summed E-state index contributed by atoms with van der Waals surface area (Å²) in [5, 5.41) is 5.02. The second kappa shape index (κ2) is 12.1. The zero-order valence-corrected chi connectivity index (χ0v) is 26.9. The van der Waals surface area contributed by atoms with Crippen molar-refractivity contribution in [3.05, 3.63) is 65.7 Å². The van der Waals surface area contributed by atoms with E-state index in [0.717, 1.165) is 6.07 Å². The number of carbonyl (C=O) groups is 2. The summed E-state index contributed by atoms with van der Waals surface area (Å²) in [5.74, 6) is -1.10. The first-order valence-electron chi connectivity index (χ1n) is 10.4. The first-order chi connectivity index (χ1) is 17.1. The number of amides is 2. The van der Waals surface area contributed by atoms with Crippen molar-refractivity contribution in [2.24, 2.45) is 7.05 Å². The average molecular weight is 592 g/mol. The molecule has 0 atom stereocenters. The minimum atomic E-state index is -5.17. The van der Waals surface area contributed by atoms with Gasteiger partial charge in [0.1, 0.15) is 31.6 Å². The number of hydrogen-bond acceptors (Lipinski definition) is 9. The molecule has 17 heteroatoms. The van der Waals surface area contributed by atoms with Gasteiger partial charge in [-0.3, -0.25) is 9.59 Å². The first kappa shape index (κ1) is 33.0. The van der Waals surface area contributed by atoms with Crippen molar-refractivity contribution in [1.29, 1.82) is 0 Å². The SMILES string of the molecule is Cc1c(N)c[nH]c1C(=O)Nc1cc(C(=O)Nc2ccc3cc(S(=O)(=O)[O-])cc(S(=O)(=O)[O-])c3c2)n(C)c1.[Na+].[Na+]. The van der Waals surface area contributed by atoms with E-state index < -0.39 is 41.8 Å². The molecule has 0 aliphatic rings. The Morgan fingerprint density at radius 3 is 2.13 bits per heavy atom. The Bertz CT molecular complexity index is 1820. The third-order valence-electron chi connectivity index (χ3n) is 5.61. The summed E-state index contributed by atoms with van der Waals surface area (Å²) >= 11 is 0. The minimum absolute atomic E-state index is 0. The number of nitrogens with two attached hydrogens (primary N) is 1. The molecular formula is C22H19N5Na2O8S2. The minimum Gasteiger partial charge on any atom is -0.744 e. The van der Waals surface area contributed by atoms with Crippen LogP contribution in [-0.2, 0) is 27.3 Å². The number of aromatic nitrogens is 2. The number of aryl methyl sites for hydroxylation is 1. The van der Waals surface area contributed by atoms with Crippen LogP contribution in [0.15, 0.2) is 58.6 Å². The van der Waals surface area contributed by atoms with Gasteiger partial charge >= 0.3 is 59.1 Å². The zero-order valence-electron chi connectivity index (χ0n) is 21.2. The molecule has 2 aromatic carbocycles. The van der Waals surface area contributed by atoms with Crippen molar-refractivity contribution in [3.63, 3.8) is 0 Å². The summed E-state index contributed by atoms with van der Waals surface area (Å²) in [6, 6.07) is 6.61. The standard InChI is InChI=1S/C22H21N5O8S2.2Na/c1-11-17(23)9-24-20(11)22(29)26-14-7-18(27(2)10-14)21(28)25-13-4-3-12-5-15(36(30,31)32)8-19(16(12)6-13)37(33,34)35;;/h3-10,24H,23H2,1-2H3,(H,25,28)(H,26,29)(H,30,31,32)(H,33,34,35);;/q;2*+1/p-2. The molecule has 0 radical (unpaired) electrons. The number of nitrogen functional groups attached to an aromatic ring is 1. The molecule has 0 bridgehead atoms. The molecule has 2 aromatic heterocycles. The fourth-order valence-electron chi connectivity index (χ4n) is 3.72. The fourth-order valence-corrected chi connectivity index (χ4v) is 5.05. The van der Waals surface area contributed by atoms with Crippen LogP contribution in [0.4, 0.5) is 17.1 Å². The number of aromatic amines is 1. The number of nitrogens with one attached hydrogen (secondary N) is 3. The smallest absolute Gasteiger partial charge is 0.744 e. The van der Waals surface area contributed by atoms with Crippen molar-refractivity contribution >= 4 is 59.9 Å². The Morgan fingerprint density at radius 2 is 1.56 bits per heavy atom. The Labute approximate surface area is 267 Å². The maximum absolute atomic E-state index is 12.9. The summed E-state index contributed by atoms with van der Waals surface area (Å²) in [6.45, 7) is 1.68. The molecule has 2 heterocycles. The molecule has 0 fully saturated rings. The number of H-pyrrole nitrogens is 1. The van der Waals surface area contributed by atoms with E-state index in [1.807, 2.05) is 0 Å². The Balaban J connectivity index is 0.00000267. The molecule has 39 heavy (non-hydrogen) atoms. The van der Waals surface area contributed by atoms with Gasteiger partial charge in [-0.2, -0.15) is 0 Å². The van der Waals surface area contributed by atoms with Crippen LogP contribution in [0, 0.1) is 6.92 Å². The van der Waals surface area contributed by atoms with Gasteiger partial charge in [-0.05, 0) is 42.6 Å². The molecule has 0 saturated heterocycles. The fraction of sp³-hybridized carbons (Fsp3) is 0.0909. The maximum Gasteiger partial charge on any atom is 1.00 e. The van der Waals surface area contributed by atoms with Crippen molar-refractivity contribution in [2.45, 2.75) is 16.7 Å². The van der Waals surface area contributed by atoms with Crippen LogP contribution in [0.1, 0.15) is 26.5 Å². The number of carbonyl (C=O) groups excluding carboxylic acids is 2. The predicted octanol–water partition coefficient (Wildman–Crippen LogP) is -4.28. The Morgan fingerprint density at radius 1 is 0.923 bits per heavy atom. The van der Waals surface area contributed by atoms with Gasteiger partial charge in [0.05, 0.1) is 21.2 Å². The second-order valence-corrected chi connectivity index (χ2v) is 10.9.